The Hall–Kier alpha value is -1.19. The summed E-state index contributed by atoms with van der Waals surface area (Å²) in [5, 5.41) is 9.52. The minimum absolute atomic E-state index is 0. The number of nitrogens with zero attached hydrogens (tertiary/aromatic N) is 2. The topological polar surface area (TPSA) is 58.5 Å². The normalized spacial score (nSPS) is 11.0. The highest BCUT2D eigenvalue weighted by atomic mass is 127. The van der Waals surface area contributed by atoms with E-state index in [4.69, 9.17) is 4.74 Å². The fraction of sp³-hybridized carbons (Fsp3) is 0.375. The van der Waals surface area contributed by atoms with E-state index in [1.54, 1.807) is 18.4 Å². The molecule has 0 fully saturated rings. The molecule has 0 spiro atoms. The molecule has 0 aliphatic heterocycles. The van der Waals surface area contributed by atoms with Gasteiger partial charge in [0.1, 0.15) is 5.01 Å². The molecule has 0 aliphatic carbocycles. The van der Waals surface area contributed by atoms with Gasteiger partial charge in [0.2, 0.25) is 0 Å². The van der Waals surface area contributed by atoms with E-state index in [0.717, 1.165) is 35.3 Å². The van der Waals surface area contributed by atoms with Crippen molar-refractivity contribution in [2.24, 2.45) is 4.99 Å². The zero-order chi connectivity index (χ0) is 15.6. The van der Waals surface area contributed by atoms with Crippen LogP contribution in [-0.2, 0) is 11.3 Å². The summed E-state index contributed by atoms with van der Waals surface area (Å²) in [5.74, 6) is 0.786. The molecule has 2 N–H and O–H groups in total. The molecule has 23 heavy (non-hydrogen) atoms. The molecule has 126 valence electrons. The molecule has 0 amide bonds. The minimum Gasteiger partial charge on any atom is -0.383 e. The Morgan fingerprint density at radius 3 is 2.74 bits per heavy atom. The van der Waals surface area contributed by atoms with Crippen molar-refractivity contribution in [1.82, 2.24) is 15.6 Å². The van der Waals surface area contributed by atoms with Gasteiger partial charge >= 0.3 is 0 Å². The van der Waals surface area contributed by atoms with Crippen molar-refractivity contribution in [3.8, 4) is 10.6 Å². The largest absolute Gasteiger partial charge is 0.383 e. The summed E-state index contributed by atoms with van der Waals surface area (Å²) in [7, 11) is 1.69. The van der Waals surface area contributed by atoms with Crippen LogP contribution in [0.2, 0.25) is 0 Å². The van der Waals surface area contributed by atoms with Crippen molar-refractivity contribution in [2.75, 3.05) is 26.8 Å². The van der Waals surface area contributed by atoms with Gasteiger partial charge in [-0.25, -0.2) is 9.98 Å². The number of rotatable bonds is 7. The number of nitrogens with one attached hydrogen (secondary N) is 2. The number of guanidine groups is 1. The molecule has 0 saturated heterocycles. The third-order valence-electron chi connectivity index (χ3n) is 2.91. The number of hydrogen-bond acceptors (Lipinski definition) is 4. The van der Waals surface area contributed by atoms with Gasteiger partial charge in [-0.3, -0.25) is 0 Å². The van der Waals surface area contributed by atoms with Crippen LogP contribution in [0.25, 0.3) is 10.6 Å². The van der Waals surface area contributed by atoms with Gasteiger partial charge in [-0.15, -0.1) is 35.3 Å². The molecule has 2 rings (SSSR count). The van der Waals surface area contributed by atoms with Crippen LogP contribution in [0.4, 0.5) is 0 Å². The summed E-state index contributed by atoms with van der Waals surface area (Å²) in [6.07, 6.45) is 0. The summed E-state index contributed by atoms with van der Waals surface area (Å²) in [6, 6.07) is 10.2. The van der Waals surface area contributed by atoms with Gasteiger partial charge in [-0.1, -0.05) is 30.3 Å². The molecule has 2 aromatic rings. The first-order chi connectivity index (χ1) is 10.8. The third-order valence-corrected chi connectivity index (χ3v) is 3.85. The van der Waals surface area contributed by atoms with Gasteiger partial charge in [0.15, 0.2) is 5.96 Å². The lowest BCUT2D eigenvalue weighted by Crippen LogP contribution is -2.38. The van der Waals surface area contributed by atoms with Gasteiger partial charge in [0, 0.05) is 31.1 Å². The molecule has 1 aromatic carbocycles. The van der Waals surface area contributed by atoms with Crippen molar-refractivity contribution in [1.29, 1.82) is 0 Å². The highest BCUT2D eigenvalue weighted by molar-refractivity contribution is 14.0. The lowest BCUT2D eigenvalue weighted by atomic mass is 10.2. The van der Waals surface area contributed by atoms with Crippen LogP contribution in [0.1, 0.15) is 12.6 Å². The SMILES string of the molecule is CCNC(=NCc1csc(-c2ccccc2)n1)NCCOC.I. The molecular formula is C16H23IN4OS. The average molecular weight is 446 g/mol. The minimum atomic E-state index is 0. The summed E-state index contributed by atoms with van der Waals surface area (Å²) in [5.41, 5.74) is 2.13. The summed E-state index contributed by atoms with van der Waals surface area (Å²) < 4.78 is 5.03. The molecule has 0 saturated carbocycles. The first-order valence-electron chi connectivity index (χ1n) is 7.34. The summed E-state index contributed by atoms with van der Waals surface area (Å²) >= 11 is 1.65. The number of aliphatic imine (C=N–C) groups is 1. The van der Waals surface area contributed by atoms with Crippen LogP contribution in [-0.4, -0.2) is 37.7 Å². The highest BCUT2D eigenvalue weighted by Crippen LogP contribution is 2.23. The summed E-state index contributed by atoms with van der Waals surface area (Å²) in [4.78, 5) is 9.19. The van der Waals surface area contributed by atoms with Crippen LogP contribution in [0.15, 0.2) is 40.7 Å². The maximum absolute atomic E-state index is 5.03. The van der Waals surface area contributed by atoms with Crippen molar-refractivity contribution >= 4 is 41.3 Å². The zero-order valence-corrected chi connectivity index (χ0v) is 16.6. The van der Waals surface area contributed by atoms with Crippen molar-refractivity contribution in [3.05, 3.63) is 41.4 Å². The molecule has 7 heteroatoms. The van der Waals surface area contributed by atoms with Crippen molar-refractivity contribution in [3.63, 3.8) is 0 Å². The molecule has 0 aliphatic rings. The van der Waals surface area contributed by atoms with Gasteiger partial charge in [0.25, 0.3) is 0 Å². The van der Waals surface area contributed by atoms with E-state index in [9.17, 15) is 0 Å². The number of ether oxygens (including phenoxy) is 1. The molecule has 1 heterocycles. The second kappa shape index (κ2) is 11.4. The van der Waals surface area contributed by atoms with E-state index in [1.165, 1.54) is 0 Å². The van der Waals surface area contributed by atoms with E-state index in [1.807, 2.05) is 25.1 Å². The lowest BCUT2D eigenvalue weighted by Gasteiger charge is -2.10. The van der Waals surface area contributed by atoms with Crippen LogP contribution in [0, 0.1) is 0 Å². The van der Waals surface area contributed by atoms with Crippen molar-refractivity contribution < 1.29 is 4.74 Å². The van der Waals surface area contributed by atoms with E-state index in [-0.39, 0.29) is 24.0 Å². The number of thiazole rings is 1. The number of aromatic nitrogens is 1. The Labute approximate surface area is 158 Å². The average Bonchev–Trinajstić information content (AvgIpc) is 3.03. The molecule has 0 radical (unpaired) electrons. The Balaban J connectivity index is 0.00000264. The molecular weight excluding hydrogens is 423 g/mol. The van der Waals surface area contributed by atoms with E-state index >= 15 is 0 Å². The lowest BCUT2D eigenvalue weighted by molar-refractivity contribution is 0.203. The number of halogens is 1. The maximum atomic E-state index is 5.03. The second-order valence-electron chi connectivity index (χ2n) is 4.62. The highest BCUT2D eigenvalue weighted by Gasteiger charge is 2.04. The Bertz CT molecular complexity index is 589. The molecule has 5 nitrogen and oxygen atoms in total. The Morgan fingerprint density at radius 2 is 2.04 bits per heavy atom. The smallest absolute Gasteiger partial charge is 0.191 e. The van der Waals surface area contributed by atoms with Crippen LogP contribution < -0.4 is 10.6 Å². The van der Waals surface area contributed by atoms with E-state index in [0.29, 0.717) is 13.2 Å². The standard InChI is InChI=1S/C16H22N4OS.HI/c1-3-17-16(18-9-10-21-2)19-11-14-12-22-15(20-14)13-7-5-4-6-8-13;/h4-8,12H,3,9-11H2,1-2H3,(H2,17,18,19);1H. The number of methoxy groups -OCH3 is 1. The van der Waals surface area contributed by atoms with Gasteiger partial charge in [-0.05, 0) is 6.92 Å². The fourth-order valence-electron chi connectivity index (χ4n) is 1.87. The predicted octanol–water partition coefficient (Wildman–Crippen LogP) is 3.13. The van der Waals surface area contributed by atoms with E-state index in [2.05, 4.69) is 38.1 Å². The van der Waals surface area contributed by atoms with E-state index < -0.39 is 0 Å². The first-order valence-corrected chi connectivity index (χ1v) is 8.22. The Morgan fingerprint density at radius 1 is 1.26 bits per heavy atom. The molecule has 0 bridgehead atoms. The predicted molar refractivity (Wildman–Crippen MR) is 108 cm³/mol. The molecule has 1 aromatic heterocycles. The van der Waals surface area contributed by atoms with Crippen LogP contribution in [0.3, 0.4) is 0 Å². The number of benzene rings is 1. The first kappa shape index (κ1) is 19.9. The third kappa shape index (κ3) is 6.84. The summed E-state index contributed by atoms with van der Waals surface area (Å²) in [6.45, 7) is 4.81. The number of hydrogen-bond donors (Lipinski definition) is 2. The van der Waals surface area contributed by atoms with Gasteiger partial charge < -0.3 is 15.4 Å². The quantitative estimate of drug-likeness (QED) is 0.297. The maximum Gasteiger partial charge on any atom is 0.191 e. The molecule has 0 atom stereocenters. The zero-order valence-electron chi connectivity index (χ0n) is 13.4. The van der Waals surface area contributed by atoms with Gasteiger partial charge in [0.05, 0.1) is 18.8 Å². The Kier molecular flexibility index (Phi) is 9.81. The fourth-order valence-corrected chi connectivity index (χ4v) is 2.68. The molecule has 0 unspecified atom stereocenters. The second-order valence-corrected chi connectivity index (χ2v) is 5.48. The van der Waals surface area contributed by atoms with Crippen LogP contribution in [0.5, 0.6) is 0 Å². The van der Waals surface area contributed by atoms with Crippen molar-refractivity contribution in [2.45, 2.75) is 13.5 Å². The van der Waals surface area contributed by atoms with Crippen LogP contribution >= 0.6 is 35.3 Å². The monoisotopic (exact) mass is 446 g/mol. The van der Waals surface area contributed by atoms with Gasteiger partial charge in [-0.2, -0.15) is 0 Å².